The number of carbonyl (C=O) groups is 1. The molecular formula is C14H18N2O4S. The van der Waals surface area contributed by atoms with E-state index in [0.29, 0.717) is 18.4 Å². The van der Waals surface area contributed by atoms with Crippen LogP contribution in [0.3, 0.4) is 0 Å². The monoisotopic (exact) mass is 310 g/mol. The Morgan fingerprint density at radius 3 is 3.00 bits per heavy atom. The lowest BCUT2D eigenvalue weighted by Gasteiger charge is -2.07. The van der Waals surface area contributed by atoms with Crippen molar-refractivity contribution in [2.45, 2.75) is 39.3 Å². The Hall–Kier alpha value is -1.73. The molecule has 6 nitrogen and oxygen atoms in total. The molecule has 1 N–H and O–H groups in total. The van der Waals surface area contributed by atoms with Crippen LogP contribution in [0.1, 0.15) is 25.1 Å². The summed E-state index contributed by atoms with van der Waals surface area (Å²) in [5.74, 6) is -0.652. The van der Waals surface area contributed by atoms with Gasteiger partial charge < -0.3 is 9.84 Å². The predicted octanol–water partition coefficient (Wildman–Crippen LogP) is 1.33. The Morgan fingerprint density at radius 1 is 1.57 bits per heavy atom. The molecule has 0 fully saturated rings. The van der Waals surface area contributed by atoms with Gasteiger partial charge in [-0.2, -0.15) is 0 Å². The highest BCUT2D eigenvalue weighted by Gasteiger charge is 2.10. The first kappa shape index (κ1) is 15.7. The van der Waals surface area contributed by atoms with Crippen molar-refractivity contribution in [1.82, 2.24) is 9.55 Å². The van der Waals surface area contributed by atoms with Crippen LogP contribution >= 0.6 is 11.3 Å². The van der Waals surface area contributed by atoms with Gasteiger partial charge in [0.05, 0.1) is 18.3 Å². The summed E-state index contributed by atoms with van der Waals surface area (Å²) in [4.78, 5) is 29.5. The highest BCUT2D eigenvalue weighted by Crippen LogP contribution is 2.20. The molecule has 0 unspecified atom stereocenters. The second-order valence-corrected chi connectivity index (χ2v) is 5.84. The van der Waals surface area contributed by atoms with E-state index in [4.69, 9.17) is 9.84 Å². The van der Waals surface area contributed by atoms with Crippen molar-refractivity contribution >= 4 is 27.5 Å². The lowest BCUT2D eigenvalue weighted by molar-refractivity contribution is -0.152. The largest absolute Gasteiger partial charge is 0.464 e. The maximum absolute atomic E-state index is 12.3. The Balaban J connectivity index is 2.01. The molecule has 0 radical (unpaired) electrons. The molecule has 0 aliphatic heterocycles. The van der Waals surface area contributed by atoms with E-state index < -0.39 is 12.1 Å². The molecule has 1 atom stereocenters. The van der Waals surface area contributed by atoms with Crippen molar-refractivity contribution in [2.24, 2.45) is 0 Å². The number of esters is 1. The summed E-state index contributed by atoms with van der Waals surface area (Å²) in [5.41, 5.74) is -0.0715. The van der Waals surface area contributed by atoms with Crippen molar-refractivity contribution in [2.75, 3.05) is 6.61 Å². The third kappa shape index (κ3) is 3.68. The predicted molar refractivity (Wildman–Crippen MR) is 80.5 cm³/mol. The van der Waals surface area contributed by atoms with E-state index in [1.165, 1.54) is 29.2 Å². The van der Waals surface area contributed by atoms with Crippen molar-refractivity contribution < 1.29 is 14.6 Å². The van der Waals surface area contributed by atoms with Gasteiger partial charge in [0, 0.05) is 11.4 Å². The van der Waals surface area contributed by atoms with Crippen LogP contribution in [-0.4, -0.2) is 33.3 Å². The first-order valence-electron chi connectivity index (χ1n) is 6.85. The zero-order valence-electron chi connectivity index (χ0n) is 12.0. The topological polar surface area (TPSA) is 81.4 Å². The second-order valence-electron chi connectivity index (χ2n) is 4.73. The van der Waals surface area contributed by atoms with Gasteiger partial charge in [-0.3, -0.25) is 9.36 Å². The molecular weight excluding hydrogens is 292 g/mol. The van der Waals surface area contributed by atoms with Crippen LogP contribution in [0.2, 0.25) is 0 Å². The summed E-state index contributed by atoms with van der Waals surface area (Å²) in [6.07, 6.45) is 1.78. The lowest BCUT2D eigenvalue weighted by Crippen LogP contribution is -2.23. The maximum Gasteiger partial charge on any atom is 0.334 e. The quantitative estimate of drug-likeness (QED) is 0.643. The van der Waals surface area contributed by atoms with Gasteiger partial charge in [-0.25, -0.2) is 9.78 Å². The van der Waals surface area contributed by atoms with Gasteiger partial charge in [0.15, 0.2) is 0 Å². The number of aryl methyl sites for hydroxylation is 2. The molecule has 0 bridgehead atoms. The fraction of sp³-hybridized carbons (Fsp3) is 0.500. The van der Waals surface area contributed by atoms with Crippen LogP contribution in [0.15, 0.2) is 17.2 Å². The molecule has 0 aliphatic rings. The van der Waals surface area contributed by atoms with Gasteiger partial charge in [0.1, 0.15) is 10.9 Å². The van der Waals surface area contributed by atoms with Gasteiger partial charge in [0.2, 0.25) is 0 Å². The molecule has 114 valence electrons. The molecule has 0 aromatic carbocycles. The van der Waals surface area contributed by atoms with Crippen LogP contribution in [0, 0.1) is 0 Å². The molecule has 21 heavy (non-hydrogen) atoms. The minimum Gasteiger partial charge on any atom is -0.464 e. The summed E-state index contributed by atoms with van der Waals surface area (Å²) in [6, 6.07) is 1.89. The standard InChI is InChI=1S/C14H18N2O4S/c1-3-10-7-11-12(21-10)15-8-16(13(11)18)5-4-6-20-14(19)9(2)17/h7-9,17H,3-6H2,1-2H3/t9-/m1/s1. The van der Waals surface area contributed by atoms with Gasteiger partial charge >= 0.3 is 5.97 Å². The third-order valence-corrected chi connectivity index (χ3v) is 4.23. The van der Waals surface area contributed by atoms with Gasteiger partial charge in [-0.05, 0) is 25.8 Å². The highest BCUT2D eigenvalue weighted by atomic mass is 32.1. The van der Waals surface area contributed by atoms with Crippen LogP contribution in [0.25, 0.3) is 10.2 Å². The Labute approximate surface area is 126 Å². The number of aromatic nitrogens is 2. The number of rotatable bonds is 6. The summed E-state index contributed by atoms with van der Waals surface area (Å²) in [7, 11) is 0. The first-order chi connectivity index (χ1) is 10.0. The minimum absolute atomic E-state index is 0.0715. The molecule has 0 saturated carbocycles. The highest BCUT2D eigenvalue weighted by molar-refractivity contribution is 7.18. The van der Waals surface area contributed by atoms with Crippen molar-refractivity contribution in [1.29, 1.82) is 0 Å². The molecule has 2 aromatic rings. The minimum atomic E-state index is -1.12. The van der Waals surface area contributed by atoms with Gasteiger partial charge in [-0.15, -0.1) is 11.3 Å². The van der Waals surface area contributed by atoms with E-state index >= 15 is 0 Å². The number of fused-ring (bicyclic) bond motifs is 1. The van der Waals surface area contributed by atoms with Crippen LogP contribution in [0.4, 0.5) is 0 Å². The summed E-state index contributed by atoms with van der Waals surface area (Å²) < 4.78 is 6.37. The fourth-order valence-electron chi connectivity index (χ4n) is 1.87. The van der Waals surface area contributed by atoms with Crippen LogP contribution < -0.4 is 5.56 Å². The van der Waals surface area contributed by atoms with Crippen molar-refractivity contribution in [3.8, 4) is 0 Å². The van der Waals surface area contributed by atoms with E-state index in [-0.39, 0.29) is 12.2 Å². The molecule has 2 rings (SSSR count). The summed E-state index contributed by atoms with van der Waals surface area (Å²) in [5, 5.41) is 9.63. The Kier molecular flexibility index (Phi) is 5.08. The smallest absolute Gasteiger partial charge is 0.334 e. The number of hydrogen-bond donors (Lipinski definition) is 1. The molecule has 0 saturated heterocycles. The number of nitrogens with zero attached hydrogens (tertiary/aromatic N) is 2. The Morgan fingerprint density at radius 2 is 2.33 bits per heavy atom. The van der Waals surface area contributed by atoms with Crippen molar-refractivity contribution in [3.63, 3.8) is 0 Å². The number of carbonyl (C=O) groups excluding carboxylic acids is 1. The normalized spacial score (nSPS) is 12.5. The fourth-order valence-corrected chi connectivity index (χ4v) is 2.80. The van der Waals surface area contributed by atoms with Gasteiger partial charge in [0.25, 0.3) is 5.56 Å². The molecule has 7 heteroatoms. The van der Waals surface area contributed by atoms with E-state index in [2.05, 4.69) is 4.98 Å². The number of thiophene rings is 1. The maximum atomic E-state index is 12.3. The average Bonchev–Trinajstić information content (AvgIpc) is 2.89. The molecule has 2 heterocycles. The zero-order valence-corrected chi connectivity index (χ0v) is 12.9. The van der Waals surface area contributed by atoms with Crippen molar-refractivity contribution in [3.05, 3.63) is 27.6 Å². The summed E-state index contributed by atoms with van der Waals surface area (Å²) >= 11 is 1.53. The average molecular weight is 310 g/mol. The Bertz CT molecular complexity index is 690. The lowest BCUT2D eigenvalue weighted by atomic mass is 10.3. The first-order valence-corrected chi connectivity index (χ1v) is 7.67. The third-order valence-electron chi connectivity index (χ3n) is 3.05. The molecule has 2 aromatic heterocycles. The van der Waals surface area contributed by atoms with E-state index in [0.717, 1.165) is 16.1 Å². The number of aliphatic hydroxyl groups is 1. The molecule has 0 aliphatic carbocycles. The van der Waals surface area contributed by atoms with E-state index in [1.807, 2.05) is 13.0 Å². The SMILES string of the molecule is CCc1cc2c(=O)n(CCCOC(=O)[C@@H](C)O)cnc2s1. The number of hydrogen-bond acceptors (Lipinski definition) is 6. The molecule has 0 spiro atoms. The number of aliphatic hydroxyl groups excluding tert-OH is 1. The zero-order chi connectivity index (χ0) is 15.4. The van der Waals surface area contributed by atoms with E-state index in [9.17, 15) is 9.59 Å². The number of ether oxygens (including phenoxy) is 1. The van der Waals surface area contributed by atoms with E-state index in [1.54, 1.807) is 0 Å². The second kappa shape index (κ2) is 6.82. The molecule has 0 amide bonds. The van der Waals surface area contributed by atoms with Crippen LogP contribution in [-0.2, 0) is 22.5 Å². The van der Waals surface area contributed by atoms with Gasteiger partial charge in [-0.1, -0.05) is 6.92 Å². The summed E-state index contributed by atoms with van der Waals surface area (Å²) in [6.45, 7) is 3.98. The van der Waals surface area contributed by atoms with Crippen LogP contribution in [0.5, 0.6) is 0 Å².